The van der Waals surface area contributed by atoms with E-state index in [0.29, 0.717) is 58.5 Å². The van der Waals surface area contributed by atoms with Gasteiger partial charge in [0.2, 0.25) is 5.91 Å². The van der Waals surface area contributed by atoms with Crippen molar-refractivity contribution >= 4 is 50.0 Å². The Bertz CT molecular complexity index is 3490. The summed E-state index contributed by atoms with van der Waals surface area (Å²) in [5.41, 5.74) is 5.31. The minimum Gasteiger partial charge on any atom is -0.476 e. The van der Waals surface area contributed by atoms with Gasteiger partial charge in [0.15, 0.2) is 33.0 Å². The van der Waals surface area contributed by atoms with Crippen molar-refractivity contribution in [2.45, 2.75) is 69.9 Å². The molecule has 3 atom stereocenters. The lowest BCUT2D eigenvalue weighted by Gasteiger charge is -2.28. The van der Waals surface area contributed by atoms with Crippen LogP contribution in [0.5, 0.6) is 11.6 Å². The van der Waals surface area contributed by atoms with Crippen molar-refractivity contribution in [3.05, 3.63) is 142 Å². The van der Waals surface area contributed by atoms with Gasteiger partial charge in [0.1, 0.15) is 29.1 Å². The van der Waals surface area contributed by atoms with Gasteiger partial charge in [-0.2, -0.15) is 5.48 Å². The zero-order valence-electron chi connectivity index (χ0n) is 41.2. The predicted molar refractivity (Wildman–Crippen MR) is 270 cm³/mol. The number of anilines is 2. The summed E-state index contributed by atoms with van der Waals surface area (Å²) in [5.74, 6) is -5.34. The number of aliphatic hydroxyl groups excluding tert-OH is 1. The number of pyridine rings is 2. The SMILES string of the molecule is CC(C)C(C(=O)N1C[C@H](O)C[C@H]1C(=O)NOc1ccc(-c2ccccc2F)cc1)c1cc(OCCCCCNC(=O)c2cc3c(cc2CS(C)(=O)=O)-c2cn(C)c(=O)c4[nH]cc(c24)CN3c2ncc(F)cc2F)no1. The standard InChI is InChI=1S/C53H53F3N8O10S/c1-29(2)46(52(68)64-26-34(65)20-43(64)51(67)61-73-35-14-12-30(13-15-35)36-10-6-7-11-40(36)55)44-22-45(60-74-44)72-17-9-5-8-16-57-50(66)37-21-42-38(18-31(37)28-75(4,70)71)39-27-62(3)53(69)48-47(39)32(23-58-48)25-63(42)49-41(56)19-33(54)24-59-49/h6-7,10-15,18-19,21-24,27,29,34,43,46,58,65H,5,8-9,16-17,20,25-26,28H2,1-4H3,(H,57,66)(H,61,67)/t34-,43+,46?/m1/s1. The Balaban J connectivity index is 0.815. The molecule has 3 aromatic carbocycles. The molecule has 4 N–H and O–H groups in total. The first-order valence-corrected chi connectivity index (χ1v) is 26.2. The van der Waals surface area contributed by atoms with E-state index in [0.717, 1.165) is 12.5 Å². The third-order valence-electron chi connectivity index (χ3n) is 13.2. The van der Waals surface area contributed by atoms with Gasteiger partial charge in [-0.25, -0.2) is 26.6 Å². The van der Waals surface area contributed by atoms with Gasteiger partial charge in [0.05, 0.1) is 36.9 Å². The van der Waals surface area contributed by atoms with E-state index in [1.54, 1.807) is 68.0 Å². The summed E-state index contributed by atoms with van der Waals surface area (Å²) in [6.45, 7) is 3.86. The van der Waals surface area contributed by atoms with Crippen molar-refractivity contribution in [2.24, 2.45) is 13.0 Å². The molecule has 2 aliphatic rings. The van der Waals surface area contributed by atoms with Crippen LogP contribution in [-0.4, -0.2) is 93.9 Å². The summed E-state index contributed by atoms with van der Waals surface area (Å²) < 4.78 is 82.4. The number of sulfone groups is 1. The normalized spacial score (nSPS) is 15.7. The van der Waals surface area contributed by atoms with E-state index >= 15 is 4.39 Å². The highest BCUT2D eigenvalue weighted by molar-refractivity contribution is 7.89. The number of hydroxylamine groups is 1. The number of hydrogen-bond donors (Lipinski definition) is 4. The molecule has 22 heteroatoms. The molecule has 1 unspecified atom stereocenters. The summed E-state index contributed by atoms with van der Waals surface area (Å²) in [7, 11) is -2.15. The van der Waals surface area contributed by atoms with E-state index in [-0.39, 0.29) is 95.5 Å². The van der Waals surface area contributed by atoms with Gasteiger partial charge in [-0.15, -0.1) is 0 Å². The number of carbonyl (C=O) groups excluding carboxylic acids is 3. The van der Waals surface area contributed by atoms with E-state index in [1.165, 1.54) is 32.6 Å². The number of nitrogens with zero attached hydrogens (tertiary/aromatic N) is 5. The Hall–Kier alpha value is -7.98. The number of aliphatic hydroxyl groups is 1. The van der Waals surface area contributed by atoms with Crippen LogP contribution in [0.25, 0.3) is 33.2 Å². The first-order valence-electron chi connectivity index (χ1n) is 24.2. The Labute approximate surface area is 428 Å². The predicted octanol–water partition coefficient (Wildman–Crippen LogP) is 6.99. The summed E-state index contributed by atoms with van der Waals surface area (Å²) >= 11 is 0. The van der Waals surface area contributed by atoms with Crippen molar-refractivity contribution in [3.63, 3.8) is 0 Å². The van der Waals surface area contributed by atoms with E-state index in [1.807, 2.05) is 13.8 Å². The van der Waals surface area contributed by atoms with E-state index in [9.17, 15) is 41.5 Å². The minimum absolute atomic E-state index is 0.0134. The lowest BCUT2D eigenvalue weighted by Crippen LogP contribution is -2.48. The minimum atomic E-state index is -3.71. The van der Waals surface area contributed by atoms with Crippen LogP contribution in [0.3, 0.4) is 0 Å². The first kappa shape index (κ1) is 51.9. The molecule has 7 aromatic rings. The number of fused-ring (bicyclic) bond motifs is 2. The maximum Gasteiger partial charge on any atom is 0.275 e. The second kappa shape index (κ2) is 21.5. The average Bonchev–Trinajstić information content (AvgIpc) is 4.11. The highest BCUT2D eigenvalue weighted by atomic mass is 32.2. The molecule has 0 radical (unpaired) electrons. The fourth-order valence-corrected chi connectivity index (χ4v) is 10.5. The molecular weight excluding hydrogens is 998 g/mol. The molecule has 4 aromatic heterocycles. The number of unbranched alkanes of at least 4 members (excludes halogenated alkanes) is 2. The number of likely N-dealkylation sites (tertiary alicyclic amines) is 1. The number of ether oxygens (including phenoxy) is 1. The van der Waals surface area contributed by atoms with Crippen LogP contribution in [0.4, 0.5) is 24.7 Å². The fourth-order valence-electron chi connectivity index (χ4n) is 9.66. The molecule has 392 valence electrons. The number of β-amino-alcohol motifs (C(OH)–C–C–N with tert-alkyl or cyclic N) is 1. The molecule has 18 nitrogen and oxygen atoms in total. The molecule has 2 aliphatic heterocycles. The number of H-pyrrole nitrogens is 1. The number of amides is 3. The number of aryl methyl sites for hydroxylation is 1. The largest absolute Gasteiger partial charge is 0.476 e. The van der Waals surface area contributed by atoms with Crippen LogP contribution in [0.15, 0.2) is 101 Å². The monoisotopic (exact) mass is 1050 g/mol. The highest BCUT2D eigenvalue weighted by Crippen LogP contribution is 2.45. The van der Waals surface area contributed by atoms with Crippen LogP contribution in [0.2, 0.25) is 0 Å². The smallest absolute Gasteiger partial charge is 0.275 e. The van der Waals surface area contributed by atoms with Gasteiger partial charge in [0.25, 0.3) is 23.3 Å². The summed E-state index contributed by atoms with van der Waals surface area (Å²) in [6.07, 6.45) is 5.69. The Morgan fingerprint density at radius 1 is 0.973 bits per heavy atom. The van der Waals surface area contributed by atoms with Crippen LogP contribution in [-0.2, 0) is 38.8 Å². The number of rotatable bonds is 18. The molecule has 9 rings (SSSR count). The van der Waals surface area contributed by atoms with Crippen LogP contribution >= 0.6 is 0 Å². The topological polar surface area (TPSA) is 231 Å². The van der Waals surface area contributed by atoms with Crippen LogP contribution in [0.1, 0.15) is 72.7 Å². The van der Waals surface area contributed by atoms with Crippen molar-refractivity contribution in [2.75, 3.05) is 30.9 Å². The van der Waals surface area contributed by atoms with Crippen molar-refractivity contribution in [1.29, 1.82) is 0 Å². The van der Waals surface area contributed by atoms with Crippen molar-refractivity contribution < 1.29 is 55.2 Å². The molecule has 0 saturated carbocycles. The Morgan fingerprint density at radius 2 is 1.75 bits per heavy atom. The maximum atomic E-state index is 15.6. The van der Waals surface area contributed by atoms with E-state index < -0.39 is 63.0 Å². The van der Waals surface area contributed by atoms with E-state index in [2.05, 4.69) is 25.9 Å². The van der Waals surface area contributed by atoms with Crippen LogP contribution in [0, 0.1) is 23.4 Å². The van der Waals surface area contributed by atoms with Gasteiger partial charge in [-0.05, 0) is 77.4 Å². The number of aromatic amines is 1. The maximum absolute atomic E-state index is 15.6. The molecule has 1 saturated heterocycles. The number of aromatic nitrogens is 4. The first-order chi connectivity index (χ1) is 35.8. The zero-order valence-corrected chi connectivity index (χ0v) is 42.0. The third-order valence-corrected chi connectivity index (χ3v) is 14.0. The third kappa shape index (κ3) is 11.1. The lowest BCUT2D eigenvalue weighted by atomic mass is 9.91. The highest BCUT2D eigenvalue weighted by Gasteiger charge is 2.44. The summed E-state index contributed by atoms with van der Waals surface area (Å²) in [4.78, 5) is 70.0. The molecule has 0 bridgehead atoms. The molecule has 6 heterocycles. The Morgan fingerprint density at radius 3 is 2.48 bits per heavy atom. The number of nitrogens with one attached hydrogen (secondary N) is 3. The van der Waals surface area contributed by atoms with Crippen LogP contribution < -0.4 is 30.8 Å². The molecule has 0 aliphatic carbocycles. The number of halogens is 3. The number of benzene rings is 3. The van der Waals surface area contributed by atoms with Gasteiger partial charge in [-0.3, -0.25) is 19.2 Å². The second-order valence-corrected chi connectivity index (χ2v) is 21.2. The average molecular weight is 1050 g/mol. The van der Waals surface area contributed by atoms with Crippen molar-refractivity contribution in [3.8, 4) is 33.9 Å². The number of carbonyl (C=O) groups is 3. The molecule has 3 amide bonds. The second-order valence-electron chi connectivity index (χ2n) is 19.1. The lowest BCUT2D eigenvalue weighted by molar-refractivity contribution is -0.143. The summed E-state index contributed by atoms with van der Waals surface area (Å²) in [5, 5.41) is 18.0. The molecule has 0 spiro atoms. The quantitative estimate of drug-likeness (QED) is 0.0502. The van der Waals surface area contributed by atoms with Gasteiger partial charge < -0.3 is 43.9 Å². The van der Waals surface area contributed by atoms with Crippen molar-refractivity contribution in [1.82, 2.24) is 35.4 Å². The fraction of sp³-hybridized carbons (Fsp3) is 0.321. The van der Waals surface area contributed by atoms with Gasteiger partial charge >= 0.3 is 0 Å². The molecular formula is C53H53F3N8O10S. The van der Waals surface area contributed by atoms with E-state index in [4.69, 9.17) is 14.1 Å². The number of hydrogen-bond acceptors (Lipinski definition) is 13. The molecule has 75 heavy (non-hydrogen) atoms. The zero-order chi connectivity index (χ0) is 53.3. The van der Waals surface area contributed by atoms with Gasteiger partial charge in [0, 0.05) is 85.0 Å². The van der Waals surface area contributed by atoms with Gasteiger partial charge in [-0.1, -0.05) is 44.2 Å². The Kier molecular flexibility index (Phi) is 14.9. The molecule has 1 fully saturated rings. The summed E-state index contributed by atoms with van der Waals surface area (Å²) in [6, 6.07) is 16.9.